The van der Waals surface area contributed by atoms with Gasteiger partial charge in [0.1, 0.15) is 0 Å². The molecular formula is C19H20ClN. The van der Waals surface area contributed by atoms with Gasteiger partial charge in [-0.2, -0.15) is 0 Å². The topological polar surface area (TPSA) is 26.0 Å². The van der Waals surface area contributed by atoms with Gasteiger partial charge in [0.25, 0.3) is 0 Å². The van der Waals surface area contributed by atoms with Crippen LogP contribution in [0.1, 0.15) is 30.9 Å². The van der Waals surface area contributed by atoms with Gasteiger partial charge in [-0.25, -0.2) is 0 Å². The molecule has 1 saturated carbocycles. The highest BCUT2D eigenvalue weighted by Gasteiger charge is 2.26. The lowest BCUT2D eigenvalue weighted by molar-refractivity contribution is 0.265. The fourth-order valence-corrected chi connectivity index (χ4v) is 3.41. The fraction of sp³-hybridized carbons (Fsp3) is 0.263. The van der Waals surface area contributed by atoms with Gasteiger partial charge in [-0.05, 0) is 51.9 Å². The van der Waals surface area contributed by atoms with E-state index in [2.05, 4.69) is 54.6 Å². The van der Waals surface area contributed by atoms with E-state index >= 15 is 0 Å². The lowest BCUT2D eigenvalue weighted by Crippen LogP contribution is -2.27. The Bertz CT molecular complexity index is 777. The minimum atomic E-state index is 0. The third-order valence-electron chi connectivity index (χ3n) is 4.82. The number of benzene rings is 3. The molecule has 0 aromatic heterocycles. The molecule has 0 amide bonds. The summed E-state index contributed by atoms with van der Waals surface area (Å²) in [6.07, 6.45) is 3.90. The molecule has 4 rings (SSSR count). The molecule has 0 spiro atoms. The number of hydrogen-bond donors (Lipinski definition) is 1. The highest BCUT2D eigenvalue weighted by atomic mass is 35.5. The van der Waals surface area contributed by atoms with Crippen molar-refractivity contribution in [3.8, 4) is 0 Å². The minimum Gasteiger partial charge on any atom is -0.324 e. The molecule has 108 valence electrons. The Labute approximate surface area is 131 Å². The Hall–Kier alpha value is -1.57. The second-order valence-corrected chi connectivity index (χ2v) is 5.95. The van der Waals surface area contributed by atoms with Crippen LogP contribution in [-0.2, 0) is 0 Å². The van der Waals surface area contributed by atoms with Gasteiger partial charge in [-0.3, -0.25) is 0 Å². The zero-order valence-electron chi connectivity index (χ0n) is 12.0. The zero-order valence-corrected chi connectivity index (χ0v) is 12.8. The smallest absolute Gasteiger partial charge is 0.0329 e. The minimum absolute atomic E-state index is 0. The third-order valence-corrected chi connectivity index (χ3v) is 4.82. The highest BCUT2D eigenvalue weighted by Crippen LogP contribution is 2.40. The molecule has 1 atom stereocenters. The molecule has 0 aliphatic heterocycles. The maximum absolute atomic E-state index is 6.56. The van der Waals surface area contributed by atoms with Crippen LogP contribution in [0.25, 0.3) is 21.5 Å². The van der Waals surface area contributed by atoms with Crippen molar-refractivity contribution < 1.29 is 0 Å². The highest BCUT2D eigenvalue weighted by molar-refractivity contribution is 6.09. The molecule has 0 bridgehead atoms. The van der Waals surface area contributed by atoms with Crippen molar-refractivity contribution in [2.75, 3.05) is 0 Å². The maximum Gasteiger partial charge on any atom is 0.0329 e. The van der Waals surface area contributed by atoms with Gasteiger partial charge >= 0.3 is 0 Å². The van der Waals surface area contributed by atoms with E-state index in [1.807, 2.05) is 0 Å². The Morgan fingerprint density at radius 3 is 2.14 bits per heavy atom. The maximum atomic E-state index is 6.56. The first-order valence-electron chi connectivity index (χ1n) is 7.50. The largest absolute Gasteiger partial charge is 0.324 e. The summed E-state index contributed by atoms with van der Waals surface area (Å²) < 4.78 is 0. The van der Waals surface area contributed by atoms with Gasteiger partial charge in [0.2, 0.25) is 0 Å². The van der Waals surface area contributed by atoms with Crippen molar-refractivity contribution in [3.05, 3.63) is 60.2 Å². The third kappa shape index (κ3) is 2.31. The number of nitrogens with two attached hydrogens (primary N) is 1. The van der Waals surface area contributed by atoms with Gasteiger partial charge in [-0.1, -0.05) is 55.0 Å². The van der Waals surface area contributed by atoms with E-state index < -0.39 is 0 Å². The predicted molar refractivity (Wildman–Crippen MR) is 93.0 cm³/mol. The number of fused-ring (bicyclic) bond motifs is 3. The van der Waals surface area contributed by atoms with Gasteiger partial charge in [0.15, 0.2) is 0 Å². The zero-order chi connectivity index (χ0) is 13.5. The van der Waals surface area contributed by atoms with E-state index in [9.17, 15) is 0 Å². The van der Waals surface area contributed by atoms with Gasteiger partial charge < -0.3 is 5.73 Å². The van der Waals surface area contributed by atoms with Gasteiger partial charge in [-0.15, -0.1) is 12.4 Å². The van der Waals surface area contributed by atoms with E-state index in [0.717, 1.165) is 0 Å². The first-order chi connectivity index (χ1) is 9.84. The van der Waals surface area contributed by atoms with E-state index in [1.165, 1.54) is 46.4 Å². The van der Waals surface area contributed by atoms with Gasteiger partial charge in [0, 0.05) is 6.04 Å². The van der Waals surface area contributed by atoms with Crippen LogP contribution in [0.4, 0.5) is 0 Å². The summed E-state index contributed by atoms with van der Waals surface area (Å²) in [5.74, 6) is 0.666. The van der Waals surface area contributed by atoms with Crippen molar-refractivity contribution in [1.29, 1.82) is 0 Å². The molecular weight excluding hydrogens is 278 g/mol. The Kier molecular flexibility index (Phi) is 3.88. The lowest BCUT2D eigenvalue weighted by Gasteiger charge is -2.32. The number of rotatable bonds is 2. The average Bonchev–Trinajstić information content (AvgIpc) is 2.44. The van der Waals surface area contributed by atoms with Crippen molar-refractivity contribution in [3.63, 3.8) is 0 Å². The van der Waals surface area contributed by atoms with Crippen LogP contribution >= 0.6 is 12.4 Å². The molecule has 3 aromatic rings. The summed E-state index contributed by atoms with van der Waals surface area (Å²) in [6, 6.07) is 19.8. The van der Waals surface area contributed by atoms with Crippen molar-refractivity contribution >= 4 is 34.0 Å². The first kappa shape index (κ1) is 14.4. The Morgan fingerprint density at radius 2 is 1.48 bits per heavy atom. The molecule has 1 nitrogen and oxygen atoms in total. The molecule has 0 unspecified atom stereocenters. The van der Waals surface area contributed by atoms with E-state index in [0.29, 0.717) is 5.92 Å². The lowest BCUT2D eigenvalue weighted by atomic mass is 9.76. The van der Waals surface area contributed by atoms with Crippen molar-refractivity contribution in [2.45, 2.75) is 25.3 Å². The van der Waals surface area contributed by atoms with Crippen molar-refractivity contribution in [1.82, 2.24) is 0 Å². The number of hydrogen-bond acceptors (Lipinski definition) is 1. The quantitative estimate of drug-likeness (QED) is 0.645. The molecule has 0 radical (unpaired) electrons. The molecule has 0 heterocycles. The second kappa shape index (κ2) is 5.67. The fourth-order valence-electron chi connectivity index (χ4n) is 3.41. The summed E-state index contributed by atoms with van der Waals surface area (Å²) in [7, 11) is 0. The molecule has 21 heavy (non-hydrogen) atoms. The summed E-state index contributed by atoms with van der Waals surface area (Å²) in [6.45, 7) is 0. The molecule has 1 aliphatic rings. The Morgan fingerprint density at radius 1 is 0.857 bits per heavy atom. The average molecular weight is 298 g/mol. The molecule has 0 saturated heterocycles. The van der Waals surface area contributed by atoms with E-state index in [-0.39, 0.29) is 18.4 Å². The summed E-state index contributed by atoms with van der Waals surface area (Å²) in [5.41, 5.74) is 7.88. The predicted octanol–water partition coefficient (Wildman–Crippen LogP) is 5.21. The standard InChI is InChI=1S/C19H19N.ClH/c20-19(13-7-5-8-13)18-12-14-6-1-2-9-15(14)16-10-3-4-11-17(16)18;/h1-4,6,9-13,19H,5,7-8,20H2;1H/t19-;/m1./s1. The molecule has 1 aliphatic carbocycles. The van der Waals surface area contributed by atoms with Crippen LogP contribution in [0.5, 0.6) is 0 Å². The summed E-state index contributed by atoms with van der Waals surface area (Å²) >= 11 is 0. The molecule has 2 heteroatoms. The van der Waals surface area contributed by atoms with E-state index in [4.69, 9.17) is 5.73 Å². The summed E-state index contributed by atoms with van der Waals surface area (Å²) in [5, 5.41) is 5.28. The van der Waals surface area contributed by atoms with Crippen LogP contribution in [-0.4, -0.2) is 0 Å². The van der Waals surface area contributed by atoms with Crippen LogP contribution < -0.4 is 5.73 Å². The van der Waals surface area contributed by atoms with Crippen molar-refractivity contribution in [2.24, 2.45) is 11.7 Å². The Balaban J connectivity index is 0.00000132. The monoisotopic (exact) mass is 297 g/mol. The van der Waals surface area contributed by atoms with Crippen LogP contribution in [0.2, 0.25) is 0 Å². The molecule has 3 aromatic carbocycles. The normalized spacial score (nSPS) is 16.4. The van der Waals surface area contributed by atoms with Gasteiger partial charge in [0.05, 0.1) is 0 Å². The second-order valence-electron chi connectivity index (χ2n) is 5.95. The van der Waals surface area contributed by atoms with Crippen LogP contribution in [0, 0.1) is 5.92 Å². The molecule has 2 N–H and O–H groups in total. The first-order valence-corrected chi connectivity index (χ1v) is 7.50. The van der Waals surface area contributed by atoms with E-state index in [1.54, 1.807) is 0 Å². The van der Waals surface area contributed by atoms with Crippen LogP contribution in [0.15, 0.2) is 54.6 Å². The van der Waals surface area contributed by atoms with Crippen LogP contribution in [0.3, 0.4) is 0 Å². The summed E-state index contributed by atoms with van der Waals surface area (Å²) in [4.78, 5) is 0. The SMILES string of the molecule is Cl.N[C@@H](c1cc2ccccc2c2ccccc12)C1CCC1. The number of halogens is 1. The molecule has 1 fully saturated rings.